The highest BCUT2D eigenvalue weighted by Crippen LogP contribution is 2.37. The molecule has 0 amide bonds. The minimum atomic E-state index is -0.667. The molecule has 8 nitrogen and oxygen atoms in total. The molecule has 0 N–H and O–H groups in total. The molecule has 0 radical (unpaired) electrons. The Morgan fingerprint density at radius 3 is 2.77 bits per heavy atom. The topological polar surface area (TPSA) is 100 Å². The molecule has 0 bridgehead atoms. The standard InChI is InChI=1S/C22H21ClN2O6/c1-4-5-9-30-20-16(23)10-14(12-19(20)29-3)11-17-22(26)31-21(24-17)15-7-6-8-18(13(15)2)25(27)28/h6-8,10-12H,4-5,9H2,1-3H3/b17-11-. The number of esters is 1. The van der Waals surface area contributed by atoms with E-state index >= 15 is 0 Å². The molecule has 0 spiro atoms. The smallest absolute Gasteiger partial charge is 0.363 e. The van der Waals surface area contributed by atoms with Crippen LogP contribution in [0.2, 0.25) is 5.02 Å². The third-order valence-electron chi connectivity index (χ3n) is 4.65. The van der Waals surface area contributed by atoms with Gasteiger partial charge in [0.05, 0.1) is 23.7 Å². The number of halogens is 1. The molecule has 162 valence electrons. The van der Waals surface area contributed by atoms with Crippen molar-refractivity contribution in [2.24, 2.45) is 4.99 Å². The maximum atomic E-state index is 12.3. The lowest BCUT2D eigenvalue weighted by Gasteiger charge is -2.13. The first-order chi connectivity index (χ1) is 14.8. The number of nitro benzene ring substituents is 1. The predicted molar refractivity (Wildman–Crippen MR) is 117 cm³/mol. The van der Waals surface area contributed by atoms with Crippen LogP contribution in [0.4, 0.5) is 5.69 Å². The maximum Gasteiger partial charge on any atom is 0.363 e. The fourth-order valence-electron chi connectivity index (χ4n) is 3.02. The molecule has 0 atom stereocenters. The second-order valence-corrected chi connectivity index (χ2v) is 7.19. The number of benzene rings is 2. The van der Waals surface area contributed by atoms with E-state index in [0.29, 0.717) is 39.8 Å². The van der Waals surface area contributed by atoms with Gasteiger partial charge >= 0.3 is 5.97 Å². The molecule has 9 heteroatoms. The number of methoxy groups -OCH3 is 1. The van der Waals surface area contributed by atoms with Crippen molar-refractivity contribution in [1.82, 2.24) is 0 Å². The number of unbranched alkanes of at least 4 members (excludes halogenated alkanes) is 1. The Hall–Kier alpha value is -3.39. The normalized spacial score (nSPS) is 14.4. The molecule has 0 unspecified atom stereocenters. The summed E-state index contributed by atoms with van der Waals surface area (Å²) in [6, 6.07) is 7.82. The summed E-state index contributed by atoms with van der Waals surface area (Å²) >= 11 is 6.36. The first-order valence-electron chi connectivity index (χ1n) is 9.63. The number of nitro groups is 1. The monoisotopic (exact) mass is 444 g/mol. The van der Waals surface area contributed by atoms with E-state index in [4.69, 9.17) is 25.8 Å². The van der Waals surface area contributed by atoms with Gasteiger partial charge in [0.15, 0.2) is 17.2 Å². The zero-order chi connectivity index (χ0) is 22.5. The Morgan fingerprint density at radius 2 is 2.10 bits per heavy atom. The largest absolute Gasteiger partial charge is 0.493 e. The van der Waals surface area contributed by atoms with E-state index in [2.05, 4.69) is 11.9 Å². The summed E-state index contributed by atoms with van der Waals surface area (Å²) in [6.45, 7) is 4.14. The molecule has 3 rings (SSSR count). The van der Waals surface area contributed by atoms with Crippen LogP contribution in [-0.4, -0.2) is 30.5 Å². The van der Waals surface area contributed by atoms with Gasteiger partial charge in [-0.2, -0.15) is 0 Å². The predicted octanol–water partition coefficient (Wildman–Crippen LogP) is 5.09. The summed E-state index contributed by atoms with van der Waals surface area (Å²) < 4.78 is 16.3. The van der Waals surface area contributed by atoms with E-state index < -0.39 is 10.9 Å². The van der Waals surface area contributed by atoms with Crippen LogP contribution in [0.15, 0.2) is 41.0 Å². The summed E-state index contributed by atoms with van der Waals surface area (Å²) in [5.74, 6) is 0.208. The highest BCUT2D eigenvalue weighted by Gasteiger charge is 2.27. The van der Waals surface area contributed by atoms with Gasteiger partial charge in [0.25, 0.3) is 5.69 Å². The SMILES string of the molecule is CCCCOc1c(Cl)cc(/C=C2\N=C(c3cccc([N+](=O)[O-])c3C)OC2=O)cc1OC. The Labute approximate surface area is 184 Å². The van der Waals surface area contributed by atoms with Gasteiger partial charge < -0.3 is 14.2 Å². The quantitative estimate of drug-likeness (QED) is 0.185. The zero-order valence-corrected chi connectivity index (χ0v) is 18.1. The van der Waals surface area contributed by atoms with E-state index in [-0.39, 0.29) is 17.3 Å². The van der Waals surface area contributed by atoms with Crippen LogP contribution >= 0.6 is 11.6 Å². The average molecular weight is 445 g/mol. The summed E-state index contributed by atoms with van der Waals surface area (Å²) in [4.78, 5) is 27.3. The van der Waals surface area contributed by atoms with Gasteiger partial charge in [-0.15, -0.1) is 0 Å². The van der Waals surface area contributed by atoms with Crippen molar-refractivity contribution < 1.29 is 23.9 Å². The molecule has 0 aromatic heterocycles. The molecule has 0 saturated heterocycles. The fraction of sp³-hybridized carbons (Fsp3) is 0.273. The molecule has 31 heavy (non-hydrogen) atoms. The number of cyclic esters (lactones) is 1. The van der Waals surface area contributed by atoms with Gasteiger partial charge in [-0.05, 0) is 43.2 Å². The third kappa shape index (κ3) is 4.86. The van der Waals surface area contributed by atoms with E-state index in [1.807, 2.05) is 0 Å². The average Bonchev–Trinajstić information content (AvgIpc) is 3.09. The van der Waals surface area contributed by atoms with Gasteiger partial charge in [0.2, 0.25) is 5.90 Å². The molecule has 2 aromatic rings. The Morgan fingerprint density at radius 1 is 1.32 bits per heavy atom. The second-order valence-electron chi connectivity index (χ2n) is 6.78. The number of rotatable bonds is 8. The van der Waals surface area contributed by atoms with Crippen LogP contribution in [-0.2, 0) is 9.53 Å². The number of carbonyl (C=O) groups excluding carboxylic acids is 1. The molecule has 1 heterocycles. The second kappa shape index (κ2) is 9.61. The Bertz CT molecular complexity index is 1090. The van der Waals surface area contributed by atoms with Gasteiger partial charge in [-0.3, -0.25) is 10.1 Å². The van der Waals surface area contributed by atoms with Crippen LogP contribution in [0.25, 0.3) is 6.08 Å². The maximum absolute atomic E-state index is 12.3. The van der Waals surface area contributed by atoms with Crippen molar-refractivity contribution in [3.8, 4) is 11.5 Å². The van der Waals surface area contributed by atoms with E-state index in [1.54, 1.807) is 25.1 Å². The van der Waals surface area contributed by atoms with Crippen molar-refractivity contribution >= 4 is 35.2 Å². The lowest BCUT2D eigenvalue weighted by molar-refractivity contribution is -0.385. The first kappa shape index (κ1) is 22.3. The molecular formula is C22H21ClN2O6. The fourth-order valence-corrected chi connectivity index (χ4v) is 3.29. The third-order valence-corrected chi connectivity index (χ3v) is 4.93. The van der Waals surface area contributed by atoms with Gasteiger partial charge in [0, 0.05) is 17.2 Å². The highest BCUT2D eigenvalue weighted by molar-refractivity contribution is 6.32. The van der Waals surface area contributed by atoms with Crippen molar-refractivity contribution in [2.45, 2.75) is 26.7 Å². The van der Waals surface area contributed by atoms with Crippen molar-refractivity contribution in [3.63, 3.8) is 0 Å². The number of aliphatic imine (C=N–C) groups is 1. The minimum Gasteiger partial charge on any atom is -0.493 e. The Kier molecular flexibility index (Phi) is 6.91. The molecule has 1 aliphatic rings. The summed E-state index contributed by atoms with van der Waals surface area (Å²) in [5.41, 5.74) is 1.26. The van der Waals surface area contributed by atoms with Crippen LogP contribution in [0.1, 0.15) is 36.5 Å². The van der Waals surface area contributed by atoms with Crippen LogP contribution in [0.3, 0.4) is 0 Å². The first-order valence-corrected chi connectivity index (χ1v) is 10.0. The van der Waals surface area contributed by atoms with Crippen LogP contribution in [0.5, 0.6) is 11.5 Å². The van der Waals surface area contributed by atoms with Crippen LogP contribution < -0.4 is 9.47 Å². The zero-order valence-electron chi connectivity index (χ0n) is 17.3. The summed E-state index contributed by atoms with van der Waals surface area (Å²) in [7, 11) is 1.50. The molecule has 0 aliphatic carbocycles. The summed E-state index contributed by atoms with van der Waals surface area (Å²) in [6.07, 6.45) is 3.37. The Balaban J connectivity index is 1.95. The van der Waals surface area contributed by atoms with Gasteiger partial charge in [-0.25, -0.2) is 9.79 Å². The summed E-state index contributed by atoms with van der Waals surface area (Å²) in [5, 5.41) is 11.5. The van der Waals surface area contributed by atoms with Crippen molar-refractivity contribution in [2.75, 3.05) is 13.7 Å². The molecule has 0 saturated carbocycles. The number of carbonyl (C=O) groups is 1. The van der Waals surface area contributed by atoms with Gasteiger partial charge in [0.1, 0.15) is 0 Å². The van der Waals surface area contributed by atoms with E-state index in [9.17, 15) is 14.9 Å². The minimum absolute atomic E-state index is 0.00929. The number of nitrogens with zero attached hydrogens (tertiary/aromatic N) is 2. The highest BCUT2D eigenvalue weighted by atomic mass is 35.5. The molecule has 2 aromatic carbocycles. The van der Waals surface area contributed by atoms with E-state index in [0.717, 1.165) is 12.8 Å². The van der Waals surface area contributed by atoms with Crippen molar-refractivity contribution in [3.05, 3.63) is 67.9 Å². The molecule has 1 aliphatic heterocycles. The van der Waals surface area contributed by atoms with Crippen LogP contribution in [0, 0.1) is 17.0 Å². The lowest BCUT2D eigenvalue weighted by atomic mass is 10.1. The van der Waals surface area contributed by atoms with Crippen molar-refractivity contribution in [1.29, 1.82) is 0 Å². The number of ether oxygens (including phenoxy) is 3. The molecule has 0 fully saturated rings. The van der Waals surface area contributed by atoms with Gasteiger partial charge in [-0.1, -0.05) is 31.0 Å². The lowest BCUT2D eigenvalue weighted by Crippen LogP contribution is -2.08. The molecular weight excluding hydrogens is 424 g/mol. The number of hydrogen-bond acceptors (Lipinski definition) is 7. The van der Waals surface area contributed by atoms with E-state index in [1.165, 1.54) is 25.3 Å². The number of hydrogen-bond donors (Lipinski definition) is 0.